The van der Waals surface area contributed by atoms with E-state index in [0.717, 1.165) is 6.04 Å². The van der Waals surface area contributed by atoms with E-state index < -0.39 is 32.2 Å². The van der Waals surface area contributed by atoms with E-state index in [9.17, 15) is 22.8 Å². The van der Waals surface area contributed by atoms with Gasteiger partial charge in [-0.1, -0.05) is 26.6 Å². The van der Waals surface area contributed by atoms with E-state index in [1.54, 1.807) is 5.32 Å². The van der Waals surface area contributed by atoms with Gasteiger partial charge in [0.1, 0.15) is 6.04 Å². The van der Waals surface area contributed by atoms with Gasteiger partial charge in [-0.05, 0) is 12.5 Å². The fourth-order valence-corrected chi connectivity index (χ4v) is 1.84. The molecule has 0 rings (SSSR count). The second-order valence-electron chi connectivity index (χ2n) is 5.41. The van der Waals surface area contributed by atoms with E-state index in [-0.39, 0.29) is 13.0 Å². The molecule has 0 bridgehead atoms. The minimum Gasteiger partial charge on any atom is -0.464 e. The van der Waals surface area contributed by atoms with Gasteiger partial charge in [0.2, 0.25) is 0 Å². The molecule has 0 saturated heterocycles. The van der Waals surface area contributed by atoms with Crippen LogP contribution in [-0.2, 0) is 14.3 Å². The van der Waals surface area contributed by atoms with Crippen LogP contribution >= 0.6 is 0 Å². The summed E-state index contributed by atoms with van der Waals surface area (Å²) < 4.78 is 41.1. The lowest BCUT2D eigenvalue weighted by Gasteiger charge is -2.19. The first kappa shape index (κ1) is 17.9. The number of nitrogens with one attached hydrogen (secondary N) is 1. The highest BCUT2D eigenvalue weighted by Gasteiger charge is 2.40. The normalized spacial score (nSPS) is 13.8. The zero-order chi connectivity index (χ0) is 15.3. The number of rotatable bonds is 6. The molecule has 0 fully saturated rings. The summed E-state index contributed by atoms with van der Waals surface area (Å²) in [7, 11) is -1.38. The van der Waals surface area contributed by atoms with Crippen molar-refractivity contribution in [1.82, 2.24) is 5.32 Å². The van der Waals surface area contributed by atoms with E-state index in [0.29, 0.717) is 0 Å². The smallest absolute Gasteiger partial charge is 0.464 e. The zero-order valence-corrected chi connectivity index (χ0v) is 12.6. The Morgan fingerprint density at radius 3 is 2.16 bits per heavy atom. The number of alkyl halides is 3. The molecule has 4 nitrogen and oxygen atoms in total. The van der Waals surface area contributed by atoms with Crippen LogP contribution < -0.4 is 5.32 Å². The molecule has 112 valence electrons. The van der Waals surface area contributed by atoms with Crippen molar-refractivity contribution < 1.29 is 27.5 Å². The van der Waals surface area contributed by atoms with Crippen LogP contribution in [0.1, 0.15) is 13.3 Å². The van der Waals surface area contributed by atoms with Gasteiger partial charge in [0.25, 0.3) is 0 Å². The molecule has 0 spiro atoms. The number of carbonyl (C=O) groups excluding carboxylic acids is 2. The highest BCUT2D eigenvalue weighted by molar-refractivity contribution is 6.76. The molecule has 19 heavy (non-hydrogen) atoms. The third-order valence-electron chi connectivity index (χ3n) is 2.35. The van der Waals surface area contributed by atoms with Crippen LogP contribution in [0.3, 0.4) is 0 Å². The summed E-state index contributed by atoms with van der Waals surface area (Å²) in [6.07, 6.45) is -4.94. The minimum absolute atomic E-state index is 0.0492. The molecule has 0 heterocycles. The SMILES string of the molecule is CC[C@H](NC(=O)C(F)(F)F)C(=O)OCC[Si](C)(C)C. The Hall–Kier alpha value is -1.05. The Bertz CT molecular complexity index is 326. The number of hydrogen-bond donors (Lipinski definition) is 1. The average Bonchev–Trinajstić information content (AvgIpc) is 2.21. The molecule has 0 aliphatic heterocycles. The van der Waals surface area contributed by atoms with Crippen LogP contribution in [0, 0.1) is 0 Å². The number of esters is 1. The Labute approximate surface area is 111 Å². The monoisotopic (exact) mass is 299 g/mol. The van der Waals surface area contributed by atoms with Gasteiger partial charge in [0.05, 0.1) is 6.61 Å². The van der Waals surface area contributed by atoms with E-state index in [4.69, 9.17) is 4.74 Å². The summed E-state index contributed by atoms with van der Waals surface area (Å²) in [5.41, 5.74) is 0. The van der Waals surface area contributed by atoms with Crippen LogP contribution in [0.4, 0.5) is 13.2 Å². The Balaban J connectivity index is 4.30. The number of ether oxygens (including phenoxy) is 1. The van der Waals surface area contributed by atoms with E-state index >= 15 is 0 Å². The van der Waals surface area contributed by atoms with Crippen molar-refractivity contribution in [2.45, 2.75) is 51.2 Å². The summed E-state index contributed by atoms with van der Waals surface area (Å²) in [6.45, 7) is 7.94. The summed E-state index contributed by atoms with van der Waals surface area (Å²) in [5.74, 6) is -2.94. The molecule has 0 saturated carbocycles. The number of halogens is 3. The van der Waals surface area contributed by atoms with Crippen molar-refractivity contribution >= 4 is 20.0 Å². The van der Waals surface area contributed by atoms with Crippen molar-refractivity contribution in [3.63, 3.8) is 0 Å². The van der Waals surface area contributed by atoms with Crippen molar-refractivity contribution in [2.24, 2.45) is 0 Å². The fraction of sp³-hybridized carbons (Fsp3) is 0.818. The van der Waals surface area contributed by atoms with Gasteiger partial charge in [-0.15, -0.1) is 0 Å². The second-order valence-corrected chi connectivity index (χ2v) is 11.0. The standard InChI is InChI=1S/C11H20F3NO3Si/c1-5-8(15-10(17)11(12,13)14)9(16)18-6-7-19(2,3)4/h8H,5-7H2,1-4H3,(H,15,17)/t8-/m0/s1. The maximum absolute atomic E-state index is 12.1. The van der Waals surface area contributed by atoms with Crippen LogP contribution in [0.25, 0.3) is 0 Å². The molecule has 8 heteroatoms. The first-order valence-corrected chi connectivity index (χ1v) is 9.72. The summed E-state index contributed by atoms with van der Waals surface area (Å²) in [4.78, 5) is 22.3. The summed E-state index contributed by atoms with van der Waals surface area (Å²) in [6, 6.07) is -0.529. The van der Waals surface area contributed by atoms with Gasteiger partial charge in [-0.3, -0.25) is 4.79 Å². The number of carbonyl (C=O) groups is 2. The first-order chi connectivity index (χ1) is 8.47. The van der Waals surface area contributed by atoms with Crippen LogP contribution in [0.15, 0.2) is 0 Å². The van der Waals surface area contributed by atoms with Crippen LogP contribution in [-0.4, -0.2) is 38.8 Å². The summed E-state index contributed by atoms with van der Waals surface area (Å²) in [5, 5.41) is 1.63. The second kappa shape index (κ2) is 6.92. The molecule has 0 aromatic rings. The lowest BCUT2D eigenvalue weighted by Crippen LogP contribution is -2.47. The molecule has 1 atom stereocenters. The van der Waals surface area contributed by atoms with Gasteiger partial charge in [0.15, 0.2) is 0 Å². The lowest BCUT2D eigenvalue weighted by atomic mass is 10.2. The molecule has 0 aromatic heterocycles. The molecule has 0 aliphatic carbocycles. The Morgan fingerprint density at radius 1 is 1.26 bits per heavy atom. The van der Waals surface area contributed by atoms with E-state index in [2.05, 4.69) is 19.6 Å². The molecule has 0 aromatic carbocycles. The van der Waals surface area contributed by atoms with Crippen LogP contribution in [0.5, 0.6) is 0 Å². The molecule has 1 N–H and O–H groups in total. The van der Waals surface area contributed by atoms with E-state index in [1.807, 2.05) is 0 Å². The van der Waals surface area contributed by atoms with Gasteiger partial charge in [-0.2, -0.15) is 13.2 Å². The van der Waals surface area contributed by atoms with E-state index in [1.165, 1.54) is 6.92 Å². The first-order valence-electron chi connectivity index (χ1n) is 6.01. The molecule has 0 unspecified atom stereocenters. The number of hydrogen-bond acceptors (Lipinski definition) is 3. The predicted octanol–water partition coefficient (Wildman–Crippen LogP) is 2.32. The maximum atomic E-state index is 12.1. The topological polar surface area (TPSA) is 55.4 Å². The van der Waals surface area contributed by atoms with Gasteiger partial charge >= 0.3 is 18.1 Å². The highest BCUT2D eigenvalue weighted by Crippen LogP contribution is 2.15. The summed E-state index contributed by atoms with van der Waals surface area (Å²) >= 11 is 0. The molecular weight excluding hydrogens is 279 g/mol. The van der Waals surface area contributed by atoms with Crippen molar-refractivity contribution in [2.75, 3.05) is 6.61 Å². The van der Waals surface area contributed by atoms with Gasteiger partial charge < -0.3 is 10.1 Å². The third kappa shape index (κ3) is 7.86. The Morgan fingerprint density at radius 2 is 1.79 bits per heavy atom. The molecule has 1 amide bonds. The van der Waals surface area contributed by atoms with Gasteiger partial charge in [0, 0.05) is 8.07 Å². The quantitative estimate of drug-likeness (QED) is 0.605. The largest absolute Gasteiger partial charge is 0.471 e. The Kier molecular flexibility index (Phi) is 6.54. The van der Waals surface area contributed by atoms with Crippen LogP contribution in [0.2, 0.25) is 25.7 Å². The maximum Gasteiger partial charge on any atom is 0.471 e. The van der Waals surface area contributed by atoms with Gasteiger partial charge in [-0.25, -0.2) is 4.79 Å². The predicted molar refractivity (Wildman–Crippen MR) is 67.4 cm³/mol. The molecule has 0 radical (unpaired) electrons. The third-order valence-corrected chi connectivity index (χ3v) is 4.06. The van der Waals surface area contributed by atoms with Crippen molar-refractivity contribution in [1.29, 1.82) is 0 Å². The zero-order valence-electron chi connectivity index (χ0n) is 11.6. The average molecular weight is 299 g/mol. The lowest BCUT2D eigenvalue weighted by molar-refractivity contribution is -0.175. The highest BCUT2D eigenvalue weighted by atomic mass is 28.3. The molecule has 0 aliphatic rings. The van der Waals surface area contributed by atoms with Crippen molar-refractivity contribution in [3.8, 4) is 0 Å². The number of amides is 1. The minimum atomic E-state index is -4.99. The fourth-order valence-electron chi connectivity index (χ4n) is 1.13. The molecular formula is C11H20F3NO3Si. The van der Waals surface area contributed by atoms with Crippen molar-refractivity contribution in [3.05, 3.63) is 0 Å².